The average molecular weight is 281 g/mol. The van der Waals surface area contributed by atoms with Crippen molar-refractivity contribution in [3.8, 4) is 0 Å². The van der Waals surface area contributed by atoms with E-state index < -0.39 is 11.6 Å². The fourth-order valence-electron chi connectivity index (χ4n) is 3.29. The zero-order valence-corrected chi connectivity index (χ0v) is 12.7. The van der Waals surface area contributed by atoms with Gasteiger partial charge in [0.15, 0.2) is 0 Å². The smallest absolute Gasteiger partial charge is 0.130 e. The Kier molecular flexibility index (Phi) is 4.79. The van der Waals surface area contributed by atoms with Crippen LogP contribution in [0.2, 0.25) is 0 Å². The van der Waals surface area contributed by atoms with Crippen molar-refractivity contribution < 1.29 is 8.78 Å². The van der Waals surface area contributed by atoms with Crippen molar-refractivity contribution in [2.75, 3.05) is 6.54 Å². The van der Waals surface area contributed by atoms with E-state index in [1.807, 2.05) is 6.92 Å². The SMILES string of the molecule is CCNC(c1c(F)cccc1F)C1CCC(C)(C)CC1. The van der Waals surface area contributed by atoms with E-state index in [0.29, 0.717) is 11.3 Å². The van der Waals surface area contributed by atoms with Crippen molar-refractivity contribution in [3.05, 3.63) is 35.4 Å². The van der Waals surface area contributed by atoms with E-state index in [9.17, 15) is 8.78 Å². The molecule has 1 aliphatic carbocycles. The summed E-state index contributed by atoms with van der Waals surface area (Å²) in [5.41, 5.74) is 0.583. The van der Waals surface area contributed by atoms with Crippen LogP contribution in [0, 0.1) is 23.0 Å². The van der Waals surface area contributed by atoms with Crippen LogP contribution in [0.4, 0.5) is 8.78 Å². The van der Waals surface area contributed by atoms with E-state index in [0.717, 1.165) is 32.2 Å². The Hall–Kier alpha value is -0.960. The molecule has 1 atom stereocenters. The zero-order valence-electron chi connectivity index (χ0n) is 12.7. The monoisotopic (exact) mass is 281 g/mol. The first-order valence-electron chi connectivity index (χ1n) is 7.62. The van der Waals surface area contributed by atoms with Crippen molar-refractivity contribution >= 4 is 0 Å². The molecule has 20 heavy (non-hydrogen) atoms. The topological polar surface area (TPSA) is 12.0 Å². The Bertz CT molecular complexity index is 426. The molecule has 1 aliphatic rings. The van der Waals surface area contributed by atoms with Crippen LogP contribution in [0.15, 0.2) is 18.2 Å². The van der Waals surface area contributed by atoms with Gasteiger partial charge in [-0.1, -0.05) is 26.8 Å². The molecule has 1 aromatic rings. The summed E-state index contributed by atoms with van der Waals surface area (Å²) in [6.45, 7) is 7.25. The third kappa shape index (κ3) is 3.38. The van der Waals surface area contributed by atoms with Gasteiger partial charge in [0.25, 0.3) is 0 Å². The minimum Gasteiger partial charge on any atom is -0.310 e. The highest BCUT2D eigenvalue weighted by atomic mass is 19.1. The third-order valence-electron chi connectivity index (χ3n) is 4.59. The lowest BCUT2D eigenvalue weighted by Crippen LogP contribution is -2.34. The number of benzene rings is 1. The Morgan fingerprint density at radius 1 is 1.20 bits per heavy atom. The fraction of sp³-hybridized carbons (Fsp3) is 0.647. The minimum absolute atomic E-state index is 0.211. The average Bonchev–Trinajstić information content (AvgIpc) is 2.38. The second-order valence-corrected chi connectivity index (χ2v) is 6.67. The van der Waals surface area contributed by atoms with Gasteiger partial charge >= 0.3 is 0 Å². The minimum atomic E-state index is -0.430. The fourth-order valence-corrected chi connectivity index (χ4v) is 3.29. The van der Waals surface area contributed by atoms with Crippen LogP contribution in [0.3, 0.4) is 0 Å². The molecule has 1 unspecified atom stereocenters. The van der Waals surface area contributed by atoms with Gasteiger partial charge in [0, 0.05) is 11.6 Å². The molecule has 1 saturated carbocycles. The quantitative estimate of drug-likeness (QED) is 0.833. The molecule has 112 valence electrons. The molecule has 0 bridgehead atoms. The third-order valence-corrected chi connectivity index (χ3v) is 4.59. The summed E-state index contributed by atoms with van der Waals surface area (Å²) in [5.74, 6) is -0.545. The molecule has 1 N–H and O–H groups in total. The maximum absolute atomic E-state index is 14.1. The molecular weight excluding hydrogens is 256 g/mol. The van der Waals surface area contributed by atoms with Gasteiger partial charge in [-0.3, -0.25) is 0 Å². The van der Waals surface area contributed by atoms with Crippen molar-refractivity contribution in [2.24, 2.45) is 11.3 Å². The number of halogens is 2. The van der Waals surface area contributed by atoms with E-state index in [-0.39, 0.29) is 11.6 Å². The molecular formula is C17H25F2N. The molecule has 0 aromatic heterocycles. The normalized spacial score (nSPS) is 20.9. The van der Waals surface area contributed by atoms with Crippen molar-refractivity contribution in [2.45, 2.75) is 52.5 Å². The lowest BCUT2D eigenvalue weighted by Gasteiger charge is -2.38. The van der Waals surface area contributed by atoms with Gasteiger partial charge in [-0.05, 0) is 55.7 Å². The lowest BCUT2D eigenvalue weighted by molar-refractivity contribution is 0.159. The second-order valence-electron chi connectivity index (χ2n) is 6.67. The number of hydrogen-bond donors (Lipinski definition) is 1. The predicted octanol–water partition coefficient (Wildman–Crippen LogP) is 4.83. The summed E-state index contributed by atoms with van der Waals surface area (Å²) in [7, 11) is 0. The number of nitrogens with one attached hydrogen (secondary N) is 1. The summed E-state index contributed by atoms with van der Waals surface area (Å²) >= 11 is 0. The molecule has 0 heterocycles. The van der Waals surface area contributed by atoms with Gasteiger partial charge in [0.05, 0.1) is 0 Å². The molecule has 1 nitrogen and oxygen atoms in total. The Balaban J connectivity index is 2.23. The summed E-state index contributed by atoms with van der Waals surface area (Å²) < 4.78 is 28.1. The Morgan fingerprint density at radius 3 is 2.25 bits per heavy atom. The molecule has 1 aromatic carbocycles. The predicted molar refractivity (Wildman–Crippen MR) is 78.5 cm³/mol. The highest BCUT2D eigenvalue weighted by Crippen LogP contribution is 2.43. The van der Waals surface area contributed by atoms with Crippen LogP contribution in [0.1, 0.15) is 58.1 Å². The van der Waals surface area contributed by atoms with Crippen LogP contribution in [-0.4, -0.2) is 6.54 Å². The first kappa shape index (κ1) is 15.4. The van der Waals surface area contributed by atoms with E-state index >= 15 is 0 Å². The zero-order chi connectivity index (χ0) is 14.8. The first-order valence-corrected chi connectivity index (χ1v) is 7.62. The molecule has 0 spiro atoms. The largest absolute Gasteiger partial charge is 0.310 e. The van der Waals surface area contributed by atoms with E-state index in [1.54, 1.807) is 0 Å². The van der Waals surface area contributed by atoms with Crippen LogP contribution >= 0.6 is 0 Å². The van der Waals surface area contributed by atoms with Crippen LogP contribution in [-0.2, 0) is 0 Å². The molecule has 2 rings (SSSR count). The Morgan fingerprint density at radius 2 is 1.75 bits per heavy atom. The van der Waals surface area contributed by atoms with E-state index in [4.69, 9.17) is 0 Å². The molecule has 0 amide bonds. The van der Waals surface area contributed by atoms with Crippen LogP contribution < -0.4 is 5.32 Å². The highest BCUT2D eigenvalue weighted by Gasteiger charge is 2.33. The highest BCUT2D eigenvalue weighted by molar-refractivity contribution is 5.24. The summed E-state index contributed by atoms with van der Waals surface area (Å²) in [6.07, 6.45) is 4.29. The summed E-state index contributed by atoms with van der Waals surface area (Å²) in [6, 6.07) is 3.93. The maximum atomic E-state index is 14.1. The van der Waals surface area contributed by atoms with E-state index in [2.05, 4.69) is 19.2 Å². The number of rotatable bonds is 4. The molecule has 1 fully saturated rings. The van der Waals surface area contributed by atoms with Gasteiger partial charge in [-0.2, -0.15) is 0 Å². The second kappa shape index (κ2) is 6.21. The first-order chi connectivity index (χ1) is 9.44. The summed E-state index contributed by atoms with van der Waals surface area (Å²) in [5, 5.41) is 3.30. The molecule has 0 radical (unpaired) electrons. The molecule has 3 heteroatoms. The van der Waals surface area contributed by atoms with Gasteiger partial charge in [0.1, 0.15) is 11.6 Å². The van der Waals surface area contributed by atoms with Crippen LogP contribution in [0.25, 0.3) is 0 Å². The van der Waals surface area contributed by atoms with E-state index in [1.165, 1.54) is 18.2 Å². The Labute approximate surface area is 120 Å². The van der Waals surface area contributed by atoms with Crippen molar-refractivity contribution in [1.29, 1.82) is 0 Å². The van der Waals surface area contributed by atoms with Crippen LogP contribution in [0.5, 0.6) is 0 Å². The molecule has 0 saturated heterocycles. The molecule has 0 aliphatic heterocycles. The van der Waals surface area contributed by atoms with Gasteiger partial charge in [-0.25, -0.2) is 8.78 Å². The van der Waals surface area contributed by atoms with Crippen molar-refractivity contribution in [1.82, 2.24) is 5.32 Å². The van der Waals surface area contributed by atoms with Gasteiger partial charge in [-0.15, -0.1) is 0 Å². The van der Waals surface area contributed by atoms with Gasteiger partial charge in [0.2, 0.25) is 0 Å². The maximum Gasteiger partial charge on any atom is 0.130 e. The standard InChI is InChI=1S/C17H25F2N/c1-4-20-16(12-8-10-17(2,3)11-9-12)15-13(18)6-5-7-14(15)19/h5-7,12,16,20H,4,8-11H2,1-3H3. The number of hydrogen-bond acceptors (Lipinski definition) is 1. The van der Waals surface area contributed by atoms with Gasteiger partial charge < -0.3 is 5.32 Å². The lowest BCUT2D eigenvalue weighted by atomic mass is 9.70. The summed E-state index contributed by atoms with van der Waals surface area (Å²) in [4.78, 5) is 0. The van der Waals surface area contributed by atoms with Crippen molar-refractivity contribution in [3.63, 3.8) is 0 Å².